The molecule has 0 aromatic carbocycles. The number of nitrogens with one attached hydrogen (secondary N) is 2. The van der Waals surface area contributed by atoms with Gasteiger partial charge in [-0.3, -0.25) is 29.1 Å². The predicted molar refractivity (Wildman–Crippen MR) is 402 cm³/mol. The summed E-state index contributed by atoms with van der Waals surface area (Å²) in [5.74, 6) is 0.888. The predicted octanol–water partition coefficient (Wildman–Crippen LogP) is 18.1. The molecule has 558 valence electrons. The fourth-order valence-corrected chi connectivity index (χ4v) is 12.6. The van der Waals surface area contributed by atoms with Gasteiger partial charge in [0.2, 0.25) is 26.4 Å². The first-order valence-corrected chi connectivity index (χ1v) is 39.6. The number of imidazole rings is 2. The molecule has 2 saturated carbocycles. The van der Waals surface area contributed by atoms with Crippen LogP contribution in [0.2, 0.25) is 0 Å². The molecule has 4 atom stereocenters. The van der Waals surface area contributed by atoms with E-state index in [-0.39, 0.29) is 69.3 Å². The van der Waals surface area contributed by atoms with Crippen LogP contribution in [0.3, 0.4) is 0 Å². The number of aliphatic hydroxyl groups excluding tert-OH is 1. The molecule has 0 aliphatic heterocycles. The summed E-state index contributed by atoms with van der Waals surface area (Å²) in [4.78, 5) is 76.9. The number of unbranched alkanes of at least 4 members (excludes halogenated alkanes) is 33. The number of carboxylic acid groups (broad SMARTS) is 1. The van der Waals surface area contributed by atoms with E-state index in [1.54, 1.807) is 12.7 Å². The molecule has 21 nitrogen and oxygen atoms in total. The number of anilines is 2. The van der Waals surface area contributed by atoms with Gasteiger partial charge in [-0.2, -0.15) is 14.9 Å². The van der Waals surface area contributed by atoms with Crippen molar-refractivity contribution in [1.29, 1.82) is 0 Å². The molecule has 0 amide bonds. The Hall–Kier alpha value is -4.68. The molecule has 4 aromatic heterocycles. The highest BCUT2D eigenvalue weighted by atomic mass is 36.0. The van der Waals surface area contributed by atoms with Crippen LogP contribution < -0.4 is 22.6 Å². The molecule has 6 rings (SSSR count). The monoisotopic (exact) mass is 1440 g/mol. The number of nitrogen functional groups attached to an aromatic ring is 2. The number of halogens is 3. The molecule has 4 aromatic rings. The SMILES string of the molecule is C=C(CCCCCCCC[C@@H]1CC[C@H](n2cnc3c(=O)[nH]c(N)nc32)C1=C)OOCCCCCCC.C=C1[C@H](CO)CC[C@@H]1n1cnc2c(=O)[nH]c(N)nc21.CCCCCCCCCCCCCCCC(=O)Cl.CCCCCCCCCCCCCCCC(=O)O.O.O.O=S(Cl)Cl. The average Bonchev–Trinajstić information content (AvgIpc) is 1.63. The Morgan fingerprint density at radius 1 is 0.557 bits per heavy atom. The number of nitrogens with two attached hydrogens (primary N) is 2. The number of carbonyl (C=O) groups excluding carboxylic acids is 1. The second-order valence-electron chi connectivity index (χ2n) is 25.9. The van der Waals surface area contributed by atoms with Crippen molar-refractivity contribution >= 4 is 87.6 Å². The normalized spacial score (nSPS) is 15.5. The molecule has 25 heteroatoms. The fourth-order valence-electron chi connectivity index (χ4n) is 12.4. The maximum absolute atomic E-state index is 12.1. The maximum atomic E-state index is 12.1. The third-order valence-corrected chi connectivity index (χ3v) is 18.2. The minimum atomic E-state index is -1.67. The zero-order valence-corrected chi connectivity index (χ0v) is 62.5. The van der Waals surface area contributed by atoms with E-state index in [0.29, 0.717) is 42.2 Å². The Labute approximate surface area is 596 Å². The Morgan fingerprint density at radius 3 is 1.25 bits per heavy atom. The summed E-state index contributed by atoms with van der Waals surface area (Å²) in [6.45, 7) is 19.9. The zero-order chi connectivity index (χ0) is 69.9. The first-order valence-electron chi connectivity index (χ1n) is 36.4. The molecule has 2 aliphatic carbocycles. The summed E-state index contributed by atoms with van der Waals surface area (Å²) in [6.07, 6.45) is 57.7. The van der Waals surface area contributed by atoms with Crippen molar-refractivity contribution in [1.82, 2.24) is 39.0 Å². The highest BCUT2D eigenvalue weighted by Gasteiger charge is 2.32. The molecule has 0 saturated heterocycles. The van der Waals surface area contributed by atoms with Crippen LogP contribution in [0.5, 0.6) is 0 Å². The van der Waals surface area contributed by atoms with Gasteiger partial charge in [-0.15, -0.1) is 0 Å². The van der Waals surface area contributed by atoms with Gasteiger partial charge in [0, 0.05) is 53.2 Å². The number of hydrogen-bond donors (Lipinski definition) is 6. The van der Waals surface area contributed by atoms with Gasteiger partial charge >= 0.3 is 5.97 Å². The van der Waals surface area contributed by atoms with E-state index in [4.69, 9.17) is 42.2 Å². The Morgan fingerprint density at radius 2 is 0.887 bits per heavy atom. The number of aliphatic hydroxyl groups is 1. The standard InChI is InChI=1S/C28H45N5O3.C16H31ClO.C16H32O2.C12H15N5O2.Cl2OS.2H2O/c1-4-5-6-11-14-19-35-36-21(2)15-12-9-7-8-10-13-16-23-17-18-24(22(23)3)33-20-30-25-26(33)31-28(29)32-27(25)34;2*1-2-3-4-5-6-7-8-9-10-11-12-13-14-15-16(17)18;1-6-7(4-18)2-3-8(6)17-5-14-9-10(17)15-12(13)16-11(9)19;1-4(2)3;;/h20,23-24H,2-19H2,1H3,(H3,29,31,32,34);2-15H2,1H3;2-15H2,1H3,(H,17,18);5,7-8,18H,1-4H2,(H3,13,15,16,19);;2*1H2/t23-,24+;;;7-,8-;;;/m1..0.../s1. The van der Waals surface area contributed by atoms with Crippen LogP contribution >= 0.6 is 33.0 Å². The highest BCUT2D eigenvalue weighted by Crippen LogP contribution is 2.43. The summed E-state index contributed by atoms with van der Waals surface area (Å²) in [7, 11) is 7.36. The summed E-state index contributed by atoms with van der Waals surface area (Å²) >= 11 is 5.28. The molecule has 0 unspecified atom stereocenters. The second-order valence-corrected chi connectivity index (χ2v) is 28.8. The fraction of sp³-hybridized carbons (Fsp3) is 0.750. The van der Waals surface area contributed by atoms with Crippen molar-refractivity contribution < 1.29 is 44.7 Å². The summed E-state index contributed by atoms with van der Waals surface area (Å²) in [5.41, 5.74) is 14.5. The minimum absolute atomic E-state index is 0. The van der Waals surface area contributed by atoms with E-state index < -0.39 is 15.2 Å². The number of nitrogens with zero attached hydrogens (tertiary/aromatic N) is 6. The van der Waals surface area contributed by atoms with E-state index in [1.807, 2.05) is 9.13 Å². The number of allylic oxidation sites excluding steroid dienone is 2. The summed E-state index contributed by atoms with van der Waals surface area (Å²) < 4.78 is 12.9. The third kappa shape index (κ3) is 42.2. The number of hydrogen-bond acceptors (Lipinski definition) is 14. The molecule has 12 N–H and O–H groups in total. The lowest BCUT2D eigenvalue weighted by atomic mass is 9.95. The lowest BCUT2D eigenvalue weighted by Crippen LogP contribution is -2.14. The molecule has 0 spiro atoms. The Bertz CT molecular complexity index is 2830. The lowest BCUT2D eigenvalue weighted by molar-refractivity contribution is -0.264. The van der Waals surface area contributed by atoms with Crippen molar-refractivity contribution in [2.75, 3.05) is 24.7 Å². The Kier molecular flexibility index (Phi) is 56.2. The van der Waals surface area contributed by atoms with E-state index >= 15 is 0 Å². The second kappa shape index (κ2) is 59.0. The average molecular weight is 1450 g/mol. The Balaban J connectivity index is 0.00000130. The van der Waals surface area contributed by atoms with Gasteiger partial charge in [-0.25, -0.2) is 14.2 Å². The molecular weight excluding hydrogens is 1320 g/mol. The maximum Gasteiger partial charge on any atom is 0.303 e. The number of carbonyl (C=O) groups is 2. The molecule has 0 radical (unpaired) electrons. The van der Waals surface area contributed by atoms with Crippen molar-refractivity contribution in [3.63, 3.8) is 0 Å². The molecule has 4 heterocycles. The molecule has 0 bridgehead atoms. The van der Waals surface area contributed by atoms with Gasteiger partial charge in [0.15, 0.2) is 22.3 Å². The van der Waals surface area contributed by atoms with Crippen molar-refractivity contribution in [3.05, 3.63) is 70.0 Å². The zero-order valence-electron chi connectivity index (χ0n) is 59.5. The highest BCUT2D eigenvalue weighted by molar-refractivity contribution is 8.26. The van der Waals surface area contributed by atoms with Gasteiger partial charge < -0.3 is 46.7 Å². The lowest BCUT2D eigenvalue weighted by Gasteiger charge is -2.17. The largest absolute Gasteiger partial charge is 0.481 e. The van der Waals surface area contributed by atoms with Crippen molar-refractivity contribution in [2.24, 2.45) is 11.8 Å². The first kappa shape index (κ1) is 92.3. The molecule has 2 fully saturated rings. The molecule has 97 heavy (non-hydrogen) atoms. The van der Waals surface area contributed by atoms with Crippen LogP contribution in [-0.4, -0.2) is 88.8 Å². The van der Waals surface area contributed by atoms with Gasteiger partial charge in [0.1, 0.15) is 5.76 Å². The van der Waals surface area contributed by atoms with Crippen LogP contribution in [0.25, 0.3) is 22.3 Å². The third-order valence-electron chi connectivity index (χ3n) is 18.0. The van der Waals surface area contributed by atoms with E-state index in [0.717, 1.165) is 82.0 Å². The van der Waals surface area contributed by atoms with Gasteiger partial charge in [0.05, 0.1) is 31.3 Å². The van der Waals surface area contributed by atoms with Crippen LogP contribution in [0.1, 0.15) is 322 Å². The van der Waals surface area contributed by atoms with Crippen LogP contribution in [0.4, 0.5) is 11.9 Å². The van der Waals surface area contributed by atoms with Crippen molar-refractivity contribution in [2.45, 2.75) is 322 Å². The first-order chi connectivity index (χ1) is 45.9. The smallest absolute Gasteiger partial charge is 0.303 e. The number of rotatable bonds is 48. The number of fused-ring (bicyclic) bond motifs is 2. The molecular formula is C72H127Cl3N10O11S. The number of aromatic nitrogens is 8. The van der Waals surface area contributed by atoms with Crippen LogP contribution in [0.15, 0.2) is 58.9 Å². The van der Waals surface area contributed by atoms with Gasteiger partial charge in [-0.05, 0) is 80.9 Å². The summed E-state index contributed by atoms with van der Waals surface area (Å²) in [6, 6.07) is 0.143. The number of aromatic amines is 2. The number of H-pyrrole nitrogens is 2. The van der Waals surface area contributed by atoms with E-state index in [9.17, 15) is 24.3 Å². The van der Waals surface area contributed by atoms with Crippen LogP contribution in [-0.2, 0) is 28.6 Å². The topological polar surface area (TPSA) is 352 Å². The van der Waals surface area contributed by atoms with E-state index in [2.05, 4.69) is 91.8 Å². The number of aliphatic carboxylic acids is 1. The molecule has 2 aliphatic rings. The van der Waals surface area contributed by atoms with Crippen LogP contribution in [0, 0.1) is 11.8 Å². The quantitative estimate of drug-likeness (QED) is 0.00598. The van der Waals surface area contributed by atoms with Gasteiger partial charge in [0.25, 0.3) is 11.1 Å². The van der Waals surface area contributed by atoms with Gasteiger partial charge in [-0.1, -0.05) is 258 Å². The minimum Gasteiger partial charge on any atom is -0.481 e. The van der Waals surface area contributed by atoms with E-state index in [1.165, 1.54) is 211 Å². The van der Waals surface area contributed by atoms with Crippen molar-refractivity contribution in [3.8, 4) is 0 Å². The number of carboxylic acids is 1. The summed E-state index contributed by atoms with van der Waals surface area (Å²) in [5, 5.41) is 17.6.